The molecule has 0 fully saturated rings. The molecule has 3 heterocycles. The van der Waals surface area contributed by atoms with Gasteiger partial charge < -0.3 is 10.1 Å². The Labute approximate surface area is 204 Å². The van der Waals surface area contributed by atoms with Gasteiger partial charge in [0.05, 0.1) is 18.2 Å². The molecule has 1 aliphatic rings. The van der Waals surface area contributed by atoms with Gasteiger partial charge in [-0.25, -0.2) is 4.98 Å². The van der Waals surface area contributed by atoms with Crippen LogP contribution in [0, 0.1) is 0 Å². The highest BCUT2D eigenvalue weighted by Gasteiger charge is 2.25. The molecule has 6 rings (SSSR count). The molecule has 3 aromatic heterocycles. The first kappa shape index (κ1) is 21.1. The highest BCUT2D eigenvalue weighted by Crippen LogP contribution is 2.40. The molecular formula is C25H21N5O2S2. The van der Waals surface area contributed by atoms with Crippen LogP contribution in [0.15, 0.2) is 59.8 Å². The molecule has 0 atom stereocenters. The van der Waals surface area contributed by atoms with Gasteiger partial charge in [-0.05, 0) is 49.1 Å². The zero-order chi connectivity index (χ0) is 23.1. The Morgan fingerprint density at radius 1 is 1.12 bits per heavy atom. The van der Waals surface area contributed by atoms with Crippen LogP contribution in [-0.4, -0.2) is 38.4 Å². The third kappa shape index (κ3) is 3.70. The molecule has 1 amide bonds. The van der Waals surface area contributed by atoms with Crippen LogP contribution in [-0.2, 0) is 17.6 Å². The fourth-order valence-electron chi connectivity index (χ4n) is 4.34. The lowest BCUT2D eigenvalue weighted by molar-refractivity contribution is -0.113. The number of amides is 1. The predicted octanol–water partition coefficient (Wildman–Crippen LogP) is 5.23. The van der Waals surface area contributed by atoms with Crippen molar-refractivity contribution in [2.75, 3.05) is 18.2 Å². The molecule has 170 valence electrons. The van der Waals surface area contributed by atoms with Crippen molar-refractivity contribution >= 4 is 50.6 Å². The van der Waals surface area contributed by atoms with Crippen LogP contribution in [0.3, 0.4) is 0 Å². The number of fused-ring (bicyclic) bond motifs is 5. The number of carbonyl (C=O) groups is 1. The monoisotopic (exact) mass is 487 g/mol. The molecule has 0 saturated heterocycles. The fraction of sp³-hybridized carbons (Fsp3) is 0.200. The van der Waals surface area contributed by atoms with Crippen molar-refractivity contribution in [2.45, 2.75) is 24.4 Å². The third-order valence-corrected chi connectivity index (χ3v) is 8.03. The molecule has 0 spiro atoms. The van der Waals surface area contributed by atoms with Gasteiger partial charge in [-0.3, -0.25) is 9.20 Å². The Hall–Kier alpha value is -3.43. The summed E-state index contributed by atoms with van der Waals surface area (Å²) >= 11 is 3.13. The summed E-state index contributed by atoms with van der Waals surface area (Å²) in [5.74, 6) is 1.64. The summed E-state index contributed by atoms with van der Waals surface area (Å²) in [6.07, 6.45) is 3.33. The first-order valence-electron chi connectivity index (χ1n) is 11.0. The van der Waals surface area contributed by atoms with Crippen LogP contribution in [0.2, 0.25) is 0 Å². The average molecular weight is 488 g/mol. The van der Waals surface area contributed by atoms with Gasteiger partial charge in [0.2, 0.25) is 5.91 Å². The van der Waals surface area contributed by atoms with E-state index in [2.05, 4.69) is 15.5 Å². The van der Waals surface area contributed by atoms with E-state index in [1.54, 1.807) is 18.4 Å². The van der Waals surface area contributed by atoms with E-state index in [1.165, 1.54) is 28.6 Å². The van der Waals surface area contributed by atoms with Gasteiger partial charge >= 0.3 is 0 Å². The van der Waals surface area contributed by atoms with E-state index >= 15 is 0 Å². The molecule has 2 aromatic carbocycles. The molecule has 34 heavy (non-hydrogen) atoms. The molecule has 0 radical (unpaired) electrons. The summed E-state index contributed by atoms with van der Waals surface area (Å²) < 4.78 is 7.18. The highest BCUT2D eigenvalue weighted by molar-refractivity contribution is 7.99. The van der Waals surface area contributed by atoms with Gasteiger partial charge in [-0.2, -0.15) is 0 Å². The molecule has 0 aliphatic heterocycles. The number of anilines is 1. The molecule has 0 saturated carbocycles. The third-order valence-electron chi connectivity index (χ3n) is 5.92. The quantitative estimate of drug-likeness (QED) is 0.330. The van der Waals surface area contributed by atoms with Gasteiger partial charge in [0.15, 0.2) is 10.8 Å². The van der Waals surface area contributed by atoms with E-state index in [0.717, 1.165) is 51.5 Å². The minimum absolute atomic E-state index is 0.112. The summed E-state index contributed by atoms with van der Waals surface area (Å²) in [7, 11) is 1.61. The van der Waals surface area contributed by atoms with Crippen molar-refractivity contribution in [3.8, 4) is 17.1 Å². The number of aryl methyl sites for hydroxylation is 2. The van der Waals surface area contributed by atoms with E-state index in [9.17, 15) is 4.79 Å². The second-order valence-electron chi connectivity index (χ2n) is 8.05. The average Bonchev–Trinajstić information content (AvgIpc) is 3.58. The Kier molecular flexibility index (Phi) is 5.43. The lowest BCUT2D eigenvalue weighted by atomic mass is 10.1. The number of aromatic nitrogens is 4. The lowest BCUT2D eigenvalue weighted by Crippen LogP contribution is -2.14. The first-order valence-corrected chi connectivity index (χ1v) is 12.8. The summed E-state index contributed by atoms with van der Waals surface area (Å²) in [5, 5.41) is 13.8. The molecule has 1 aliphatic carbocycles. The lowest BCUT2D eigenvalue weighted by Gasteiger charge is -2.09. The molecule has 1 N–H and O–H groups in total. The number of ether oxygens (including phenoxy) is 1. The predicted molar refractivity (Wildman–Crippen MR) is 136 cm³/mol. The second-order valence-corrected chi connectivity index (χ2v) is 10.1. The number of benzene rings is 2. The van der Waals surface area contributed by atoms with Crippen molar-refractivity contribution in [3.05, 3.63) is 65.0 Å². The summed E-state index contributed by atoms with van der Waals surface area (Å²) in [6.45, 7) is 0. The number of methoxy groups -OCH3 is 1. The van der Waals surface area contributed by atoms with Gasteiger partial charge in [0, 0.05) is 16.1 Å². The summed E-state index contributed by atoms with van der Waals surface area (Å²) in [4.78, 5) is 20.1. The molecule has 7 nitrogen and oxygen atoms in total. The summed E-state index contributed by atoms with van der Waals surface area (Å²) in [6, 6.07) is 17.3. The van der Waals surface area contributed by atoms with Crippen LogP contribution in [0.25, 0.3) is 27.3 Å². The number of thioether (sulfide) groups is 1. The Balaban J connectivity index is 1.35. The van der Waals surface area contributed by atoms with Crippen LogP contribution in [0.5, 0.6) is 5.75 Å². The van der Waals surface area contributed by atoms with Crippen molar-refractivity contribution in [2.24, 2.45) is 0 Å². The van der Waals surface area contributed by atoms with E-state index < -0.39 is 0 Å². The van der Waals surface area contributed by atoms with Gasteiger partial charge in [0.25, 0.3) is 0 Å². The molecular weight excluding hydrogens is 466 g/mol. The van der Waals surface area contributed by atoms with Crippen molar-refractivity contribution in [1.82, 2.24) is 19.6 Å². The number of nitrogens with zero attached hydrogens (tertiary/aromatic N) is 4. The summed E-state index contributed by atoms with van der Waals surface area (Å²) in [5.41, 5.74) is 3.90. The van der Waals surface area contributed by atoms with Crippen LogP contribution in [0.1, 0.15) is 16.9 Å². The number of thiophene rings is 1. The number of hydrogen-bond acceptors (Lipinski definition) is 7. The van der Waals surface area contributed by atoms with Gasteiger partial charge in [0.1, 0.15) is 16.4 Å². The van der Waals surface area contributed by atoms with Gasteiger partial charge in [-0.1, -0.05) is 42.1 Å². The van der Waals surface area contributed by atoms with Crippen molar-refractivity contribution in [3.63, 3.8) is 0 Å². The zero-order valence-corrected chi connectivity index (χ0v) is 20.1. The largest absolute Gasteiger partial charge is 0.497 e. The number of rotatable bonds is 6. The molecule has 0 unspecified atom stereocenters. The minimum atomic E-state index is -0.112. The minimum Gasteiger partial charge on any atom is -0.497 e. The molecule has 9 heteroatoms. The van der Waals surface area contributed by atoms with Crippen LogP contribution in [0.4, 0.5) is 5.69 Å². The van der Waals surface area contributed by atoms with Crippen LogP contribution < -0.4 is 10.1 Å². The maximum absolute atomic E-state index is 12.6. The SMILES string of the molecule is COc1ccc(NC(=O)CSc2nnc3c4c5c(sc4nc(-c4ccccc4)n23)CCC5)cc1. The number of carbonyl (C=O) groups excluding carboxylic acids is 1. The van der Waals surface area contributed by atoms with E-state index in [1.807, 2.05) is 59.0 Å². The van der Waals surface area contributed by atoms with E-state index in [4.69, 9.17) is 9.72 Å². The Morgan fingerprint density at radius 2 is 1.94 bits per heavy atom. The first-order chi connectivity index (χ1) is 16.7. The van der Waals surface area contributed by atoms with Gasteiger partial charge in [-0.15, -0.1) is 21.5 Å². The normalized spacial score (nSPS) is 12.9. The zero-order valence-electron chi connectivity index (χ0n) is 18.4. The topological polar surface area (TPSA) is 81.4 Å². The van der Waals surface area contributed by atoms with Crippen molar-refractivity contribution in [1.29, 1.82) is 0 Å². The van der Waals surface area contributed by atoms with E-state index in [0.29, 0.717) is 5.16 Å². The number of hydrogen-bond donors (Lipinski definition) is 1. The van der Waals surface area contributed by atoms with Crippen LogP contribution >= 0.6 is 23.1 Å². The fourth-order valence-corrected chi connectivity index (χ4v) is 6.33. The number of nitrogens with one attached hydrogen (secondary N) is 1. The molecule has 0 bridgehead atoms. The maximum atomic E-state index is 12.6. The second kappa shape index (κ2) is 8.73. The highest BCUT2D eigenvalue weighted by atomic mass is 32.2. The van der Waals surface area contributed by atoms with E-state index in [-0.39, 0.29) is 11.7 Å². The Bertz CT molecular complexity index is 1510. The van der Waals surface area contributed by atoms with Crippen molar-refractivity contribution < 1.29 is 9.53 Å². The standard InChI is InChI=1S/C25H21N5O2S2/c1-32-17-12-10-16(11-13-17)26-20(31)14-33-25-29-28-23-21-18-8-5-9-19(18)34-24(21)27-22(30(23)25)15-6-3-2-4-7-15/h2-4,6-7,10-13H,5,8-9,14H2,1H3,(H,26,31). The Morgan fingerprint density at radius 3 is 2.74 bits per heavy atom. The smallest absolute Gasteiger partial charge is 0.234 e. The maximum Gasteiger partial charge on any atom is 0.234 e. The molecule has 5 aromatic rings.